The third-order valence-electron chi connectivity index (χ3n) is 6.14. The Balaban J connectivity index is 1.49. The summed E-state index contributed by atoms with van der Waals surface area (Å²) in [5.41, 5.74) is 1.14. The van der Waals surface area contributed by atoms with Crippen LogP contribution < -0.4 is 4.74 Å². The predicted octanol–water partition coefficient (Wildman–Crippen LogP) is 3.41. The molecule has 2 aromatic carbocycles. The van der Waals surface area contributed by atoms with Gasteiger partial charge in [-0.05, 0) is 43.0 Å². The number of para-hydroxylation sites is 1. The molecule has 0 N–H and O–H groups in total. The molecule has 5 nitrogen and oxygen atoms in total. The zero-order valence-corrected chi connectivity index (χ0v) is 17.7. The monoisotopic (exact) mass is 430 g/mol. The number of carbonyl (C=O) groups is 1. The highest BCUT2D eigenvalue weighted by Gasteiger charge is 2.38. The zero-order chi connectivity index (χ0) is 21.8. The molecule has 0 aromatic heterocycles. The van der Waals surface area contributed by atoms with E-state index < -0.39 is 11.6 Å². The van der Waals surface area contributed by atoms with Crippen molar-refractivity contribution >= 4 is 5.91 Å². The Labute approximate surface area is 181 Å². The molecule has 7 heteroatoms. The maximum absolute atomic E-state index is 14.1. The molecule has 2 aromatic rings. The van der Waals surface area contributed by atoms with Gasteiger partial charge in [-0.25, -0.2) is 8.78 Å². The summed E-state index contributed by atoms with van der Waals surface area (Å²) in [5, 5.41) is 0. The normalized spacial score (nSPS) is 23.2. The first-order valence-corrected chi connectivity index (χ1v) is 10.8. The van der Waals surface area contributed by atoms with Crippen LogP contribution in [0.3, 0.4) is 0 Å². The van der Waals surface area contributed by atoms with Gasteiger partial charge in [-0.3, -0.25) is 9.69 Å². The van der Waals surface area contributed by atoms with E-state index in [0.717, 1.165) is 30.6 Å². The molecule has 2 aliphatic heterocycles. The largest absolute Gasteiger partial charge is 0.483 e. The molecule has 0 saturated carbocycles. The van der Waals surface area contributed by atoms with Crippen LogP contribution in [0.1, 0.15) is 24.0 Å². The number of aryl methyl sites for hydroxylation is 1. The highest BCUT2D eigenvalue weighted by Crippen LogP contribution is 2.25. The van der Waals surface area contributed by atoms with Crippen molar-refractivity contribution in [3.63, 3.8) is 0 Å². The molecule has 166 valence electrons. The smallest absolute Gasteiger partial charge is 0.260 e. The molecule has 2 atom stereocenters. The molecule has 1 amide bonds. The van der Waals surface area contributed by atoms with Gasteiger partial charge in [-0.1, -0.05) is 24.3 Å². The number of likely N-dealkylation sites (tertiary alicyclic amines) is 1. The van der Waals surface area contributed by atoms with Crippen LogP contribution in [0, 0.1) is 11.6 Å². The molecule has 2 heterocycles. The van der Waals surface area contributed by atoms with Crippen molar-refractivity contribution in [1.29, 1.82) is 0 Å². The summed E-state index contributed by atoms with van der Waals surface area (Å²) in [7, 11) is 1.74. The second kappa shape index (κ2) is 9.75. The fourth-order valence-electron chi connectivity index (χ4n) is 4.33. The van der Waals surface area contributed by atoms with Gasteiger partial charge in [0.2, 0.25) is 0 Å². The Morgan fingerprint density at radius 3 is 2.61 bits per heavy atom. The highest BCUT2D eigenvalue weighted by atomic mass is 19.1. The van der Waals surface area contributed by atoms with Crippen molar-refractivity contribution in [1.82, 2.24) is 9.80 Å². The number of amides is 1. The van der Waals surface area contributed by atoms with Gasteiger partial charge >= 0.3 is 0 Å². The van der Waals surface area contributed by atoms with Crippen molar-refractivity contribution in [2.45, 2.75) is 38.0 Å². The van der Waals surface area contributed by atoms with Gasteiger partial charge < -0.3 is 14.4 Å². The van der Waals surface area contributed by atoms with Gasteiger partial charge in [0.15, 0.2) is 6.61 Å². The Morgan fingerprint density at radius 2 is 1.81 bits per heavy atom. The Kier molecular flexibility index (Phi) is 6.83. The third-order valence-corrected chi connectivity index (χ3v) is 6.14. The van der Waals surface area contributed by atoms with E-state index in [4.69, 9.17) is 9.47 Å². The number of hydrogen-bond acceptors (Lipinski definition) is 4. The summed E-state index contributed by atoms with van der Waals surface area (Å²) in [6.45, 7) is 1.65. The topological polar surface area (TPSA) is 42.0 Å². The maximum atomic E-state index is 14.1. The van der Waals surface area contributed by atoms with E-state index in [1.807, 2.05) is 29.2 Å². The molecule has 0 unspecified atom stereocenters. The minimum atomic E-state index is -0.556. The number of rotatable bonds is 2. The van der Waals surface area contributed by atoms with Crippen molar-refractivity contribution in [2.75, 3.05) is 33.4 Å². The number of fused-ring (bicyclic) bond motifs is 2. The van der Waals surface area contributed by atoms with Gasteiger partial charge in [-0.2, -0.15) is 0 Å². The van der Waals surface area contributed by atoms with Crippen LogP contribution in [0.15, 0.2) is 42.5 Å². The zero-order valence-electron chi connectivity index (χ0n) is 17.7. The molecular weight excluding hydrogens is 402 g/mol. The minimum Gasteiger partial charge on any atom is -0.483 e. The third kappa shape index (κ3) is 5.05. The lowest BCUT2D eigenvalue weighted by molar-refractivity contribution is -0.136. The van der Waals surface area contributed by atoms with Crippen LogP contribution in [0.2, 0.25) is 0 Å². The van der Waals surface area contributed by atoms with Crippen LogP contribution in [-0.4, -0.2) is 61.2 Å². The maximum Gasteiger partial charge on any atom is 0.260 e. The summed E-state index contributed by atoms with van der Waals surface area (Å²) < 4.78 is 40.2. The van der Waals surface area contributed by atoms with Gasteiger partial charge in [0.1, 0.15) is 17.4 Å². The van der Waals surface area contributed by atoms with Gasteiger partial charge in [0.25, 0.3) is 5.91 Å². The second-order valence-electron chi connectivity index (χ2n) is 8.23. The van der Waals surface area contributed by atoms with E-state index in [-0.39, 0.29) is 36.8 Å². The SMILES string of the molecule is CN1C(=O)COc2ccccc2CCCCO[C@H]2CN(Cc3c(F)cccc3F)C[C@@H]21. The summed E-state index contributed by atoms with van der Waals surface area (Å²) in [4.78, 5) is 16.5. The summed E-state index contributed by atoms with van der Waals surface area (Å²) in [6, 6.07) is 11.5. The average molecular weight is 430 g/mol. The predicted molar refractivity (Wildman–Crippen MR) is 113 cm³/mol. The molecule has 1 saturated heterocycles. The Hall–Kier alpha value is -2.51. The van der Waals surface area contributed by atoms with E-state index in [9.17, 15) is 13.6 Å². The van der Waals surface area contributed by atoms with Crippen LogP contribution in [-0.2, 0) is 22.5 Å². The summed E-state index contributed by atoms with van der Waals surface area (Å²) in [6.07, 6.45) is 2.48. The van der Waals surface area contributed by atoms with Gasteiger partial charge in [0, 0.05) is 38.9 Å². The average Bonchev–Trinajstić information content (AvgIpc) is 3.17. The lowest BCUT2D eigenvalue weighted by Crippen LogP contribution is -2.47. The van der Waals surface area contributed by atoms with Crippen molar-refractivity contribution < 1.29 is 23.0 Å². The van der Waals surface area contributed by atoms with E-state index in [1.165, 1.54) is 18.2 Å². The number of halogens is 2. The van der Waals surface area contributed by atoms with Gasteiger partial charge in [0.05, 0.1) is 12.1 Å². The molecular formula is C24H28F2N2O3. The molecule has 2 aliphatic rings. The number of ether oxygens (including phenoxy) is 2. The molecule has 0 aliphatic carbocycles. The quantitative estimate of drug-likeness (QED) is 0.733. The van der Waals surface area contributed by atoms with Crippen molar-refractivity contribution in [3.05, 3.63) is 65.2 Å². The summed E-state index contributed by atoms with van der Waals surface area (Å²) >= 11 is 0. The Morgan fingerprint density at radius 1 is 1.03 bits per heavy atom. The summed E-state index contributed by atoms with van der Waals surface area (Å²) in [5.74, 6) is -0.519. The molecule has 31 heavy (non-hydrogen) atoms. The van der Waals surface area contributed by atoms with Crippen molar-refractivity contribution in [3.8, 4) is 5.75 Å². The van der Waals surface area contributed by atoms with E-state index in [2.05, 4.69) is 0 Å². The second-order valence-corrected chi connectivity index (χ2v) is 8.23. The molecule has 4 rings (SSSR count). The van der Waals surface area contributed by atoms with Crippen LogP contribution in [0.25, 0.3) is 0 Å². The number of carbonyl (C=O) groups excluding carboxylic acids is 1. The van der Waals surface area contributed by atoms with Crippen LogP contribution >= 0.6 is 0 Å². The van der Waals surface area contributed by atoms with E-state index in [1.54, 1.807) is 11.9 Å². The molecule has 0 bridgehead atoms. The number of likely N-dealkylation sites (N-methyl/N-ethyl adjacent to an activating group) is 1. The highest BCUT2D eigenvalue weighted by molar-refractivity contribution is 5.78. The molecule has 0 radical (unpaired) electrons. The standard InChI is InChI=1S/C24H28F2N2O3/c1-27-21-14-28(13-18-19(25)9-6-10-20(18)26)15-23(21)30-12-5-4-8-17-7-2-3-11-22(17)31-16-24(27)29/h2-3,6-7,9-11,21,23H,4-5,8,12-16H2,1H3/t21-,23-/m0/s1. The fourth-order valence-corrected chi connectivity index (χ4v) is 4.33. The number of benzene rings is 2. The lowest BCUT2D eigenvalue weighted by atomic mass is 10.1. The fraction of sp³-hybridized carbons (Fsp3) is 0.458. The molecule has 1 fully saturated rings. The first-order chi connectivity index (χ1) is 15.0. The van der Waals surface area contributed by atoms with Crippen LogP contribution in [0.5, 0.6) is 5.75 Å². The lowest BCUT2D eigenvalue weighted by Gasteiger charge is -2.29. The van der Waals surface area contributed by atoms with Crippen LogP contribution in [0.4, 0.5) is 8.78 Å². The van der Waals surface area contributed by atoms with E-state index in [0.29, 0.717) is 19.7 Å². The first-order valence-electron chi connectivity index (χ1n) is 10.8. The van der Waals surface area contributed by atoms with Gasteiger partial charge in [-0.15, -0.1) is 0 Å². The number of hydrogen-bond donors (Lipinski definition) is 0. The molecule has 0 spiro atoms. The first kappa shape index (κ1) is 21.7. The van der Waals surface area contributed by atoms with Crippen molar-refractivity contribution in [2.24, 2.45) is 0 Å². The Bertz CT molecular complexity index is 903. The minimum absolute atomic E-state index is 0.0465. The number of nitrogens with zero attached hydrogens (tertiary/aromatic N) is 2. The van der Waals surface area contributed by atoms with E-state index >= 15 is 0 Å².